The minimum absolute atomic E-state index is 0.00824. The van der Waals surface area contributed by atoms with Gasteiger partial charge in [0.05, 0.1) is 17.5 Å². The lowest BCUT2D eigenvalue weighted by Gasteiger charge is -2.16. The van der Waals surface area contributed by atoms with E-state index in [2.05, 4.69) is 5.16 Å². The lowest BCUT2D eigenvalue weighted by molar-refractivity contribution is -0.145. The summed E-state index contributed by atoms with van der Waals surface area (Å²) in [6, 6.07) is -0.139. The van der Waals surface area contributed by atoms with E-state index in [4.69, 9.17) is 15.7 Å². The van der Waals surface area contributed by atoms with Crippen LogP contribution >= 0.6 is 0 Å². The van der Waals surface area contributed by atoms with Crippen LogP contribution in [0.2, 0.25) is 0 Å². The molecule has 1 fully saturated rings. The van der Waals surface area contributed by atoms with E-state index in [1.165, 1.54) is 0 Å². The van der Waals surface area contributed by atoms with E-state index in [1.807, 2.05) is 13.8 Å². The van der Waals surface area contributed by atoms with Gasteiger partial charge < -0.3 is 15.7 Å². The first kappa shape index (κ1) is 10.4. The first-order chi connectivity index (χ1) is 7.02. The molecule has 84 valence electrons. The molecule has 2 aliphatic rings. The van der Waals surface area contributed by atoms with Crippen molar-refractivity contribution in [2.24, 2.45) is 28.6 Å². The average Bonchev–Trinajstić information content (AvgIpc) is 2.66. The van der Waals surface area contributed by atoms with Gasteiger partial charge in [0.2, 0.25) is 0 Å². The first-order valence-corrected chi connectivity index (χ1v) is 5.24. The second kappa shape index (κ2) is 3.48. The molecule has 0 spiro atoms. The van der Waals surface area contributed by atoms with Gasteiger partial charge in [-0.2, -0.15) is 0 Å². The molecule has 2 rings (SSSR count). The van der Waals surface area contributed by atoms with Crippen LogP contribution < -0.4 is 5.73 Å². The Bertz CT molecular complexity index is 314. The van der Waals surface area contributed by atoms with Crippen molar-refractivity contribution in [1.82, 2.24) is 0 Å². The standard InChI is InChI=1S/C10H16N2O3/c1-4(2)8-7-6(11)3-5(10(13)14)9(7)15-12-8/h4-7,9H,3,11H2,1-2H3,(H,13,14)/t5?,6?,7-,9?/m0/s1. The average molecular weight is 212 g/mol. The number of hydrogen-bond donors (Lipinski definition) is 2. The fraction of sp³-hybridized carbons (Fsp3) is 0.800. The first-order valence-electron chi connectivity index (χ1n) is 5.24. The Balaban J connectivity index is 2.21. The molecule has 0 saturated heterocycles. The Morgan fingerprint density at radius 1 is 1.67 bits per heavy atom. The van der Waals surface area contributed by atoms with Gasteiger partial charge in [-0.1, -0.05) is 19.0 Å². The van der Waals surface area contributed by atoms with Crippen molar-refractivity contribution in [3.8, 4) is 0 Å². The molecule has 0 amide bonds. The molecule has 4 atom stereocenters. The summed E-state index contributed by atoms with van der Waals surface area (Å²) in [4.78, 5) is 16.2. The molecule has 0 aromatic heterocycles. The number of fused-ring (bicyclic) bond motifs is 1. The lowest BCUT2D eigenvalue weighted by Crippen LogP contribution is -2.36. The van der Waals surface area contributed by atoms with E-state index in [0.29, 0.717) is 6.42 Å². The summed E-state index contributed by atoms with van der Waals surface area (Å²) in [6.07, 6.45) is 0.131. The topological polar surface area (TPSA) is 84.9 Å². The highest BCUT2D eigenvalue weighted by Crippen LogP contribution is 2.39. The maximum atomic E-state index is 11.0. The van der Waals surface area contributed by atoms with Crippen LogP contribution in [0.25, 0.3) is 0 Å². The molecular weight excluding hydrogens is 196 g/mol. The molecule has 0 aromatic carbocycles. The molecule has 0 bridgehead atoms. The van der Waals surface area contributed by atoms with Crippen LogP contribution in [-0.2, 0) is 9.63 Å². The SMILES string of the molecule is CC(C)C1=NOC2C(C(=O)O)CC(N)[C@@H]12. The van der Waals surface area contributed by atoms with Gasteiger partial charge in [0.15, 0.2) is 6.10 Å². The van der Waals surface area contributed by atoms with Crippen LogP contribution in [-0.4, -0.2) is 28.9 Å². The predicted octanol–water partition coefficient (Wildman–Crippen LogP) is 0.445. The number of oxime groups is 1. The van der Waals surface area contributed by atoms with Crippen LogP contribution in [0.3, 0.4) is 0 Å². The second-order valence-corrected chi connectivity index (χ2v) is 4.61. The number of rotatable bonds is 2. The minimum Gasteiger partial charge on any atom is -0.481 e. The molecule has 1 aliphatic carbocycles. The number of nitrogens with two attached hydrogens (primary N) is 1. The molecule has 1 aliphatic heterocycles. The summed E-state index contributed by atoms with van der Waals surface area (Å²) in [6.45, 7) is 4.04. The third-order valence-corrected chi connectivity index (χ3v) is 3.27. The van der Waals surface area contributed by atoms with Gasteiger partial charge in [0, 0.05) is 6.04 Å². The highest BCUT2D eigenvalue weighted by atomic mass is 16.6. The van der Waals surface area contributed by atoms with E-state index in [9.17, 15) is 4.79 Å². The van der Waals surface area contributed by atoms with E-state index < -0.39 is 11.9 Å². The summed E-state index contributed by atoms with van der Waals surface area (Å²) >= 11 is 0. The number of aliphatic carboxylic acids is 1. The number of hydrogen-bond acceptors (Lipinski definition) is 4. The lowest BCUT2D eigenvalue weighted by atomic mass is 9.89. The van der Waals surface area contributed by atoms with Gasteiger partial charge in [-0.25, -0.2) is 0 Å². The molecule has 0 radical (unpaired) electrons. The monoisotopic (exact) mass is 212 g/mol. The maximum Gasteiger partial charge on any atom is 0.310 e. The largest absolute Gasteiger partial charge is 0.481 e. The van der Waals surface area contributed by atoms with E-state index in [1.54, 1.807) is 0 Å². The number of carboxylic acid groups (broad SMARTS) is 1. The predicted molar refractivity (Wildman–Crippen MR) is 54.4 cm³/mol. The number of carboxylic acids is 1. The van der Waals surface area contributed by atoms with Gasteiger partial charge in [-0.3, -0.25) is 4.79 Å². The zero-order chi connectivity index (χ0) is 11.2. The van der Waals surface area contributed by atoms with E-state index in [-0.39, 0.29) is 24.0 Å². The fourth-order valence-corrected chi connectivity index (χ4v) is 2.51. The summed E-state index contributed by atoms with van der Waals surface area (Å²) in [5.41, 5.74) is 6.87. The van der Waals surface area contributed by atoms with Crippen LogP contribution in [0.5, 0.6) is 0 Å². The molecule has 5 nitrogen and oxygen atoms in total. The quantitative estimate of drug-likeness (QED) is 0.695. The summed E-state index contributed by atoms with van der Waals surface area (Å²) in [7, 11) is 0. The van der Waals surface area contributed by atoms with Gasteiger partial charge in [-0.05, 0) is 12.3 Å². The molecule has 15 heavy (non-hydrogen) atoms. The molecule has 5 heteroatoms. The van der Waals surface area contributed by atoms with Gasteiger partial charge in [0.1, 0.15) is 0 Å². The van der Waals surface area contributed by atoms with Crippen LogP contribution in [0, 0.1) is 17.8 Å². The van der Waals surface area contributed by atoms with Crippen LogP contribution in [0.1, 0.15) is 20.3 Å². The zero-order valence-corrected chi connectivity index (χ0v) is 8.88. The van der Waals surface area contributed by atoms with Crippen molar-refractivity contribution in [3.63, 3.8) is 0 Å². The molecular formula is C10H16N2O3. The fourth-order valence-electron chi connectivity index (χ4n) is 2.51. The van der Waals surface area contributed by atoms with Crippen molar-refractivity contribution in [1.29, 1.82) is 0 Å². The maximum absolute atomic E-state index is 11.0. The Morgan fingerprint density at radius 2 is 2.33 bits per heavy atom. The molecule has 1 saturated carbocycles. The van der Waals surface area contributed by atoms with Gasteiger partial charge in [0.25, 0.3) is 0 Å². The molecule has 3 N–H and O–H groups in total. The van der Waals surface area contributed by atoms with Gasteiger partial charge in [-0.15, -0.1) is 0 Å². The Hall–Kier alpha value is -1.10. The van der Waals surface area contributed by atoms with Crippen molar-refractivity contribution >= 4 is 11.7 Å². The number of nitrogens with zero attached hydrogens (tertiary/aromatic N) is 1. The normalized spacial score (nSPS) is 38.8. The van der Waals surface area contributed by atoms with Crippen LogP contribution in [0.15, 0.2) is 5.16 Å². The highest BCUT2D eigenvalue weighted by molar-refractivity contribution is 5.91. The second-order valence-electron chi connectivity index (χ2n) is 4.61. The highest BCUT2D eigenvalue weighted by Gasteiger charge is 2.52. The Labute approximate surface area is 88.3 Å². The third kappa shape index (κ3) is 1.51. The van der Waals surface area contributed by atoms with Crippen molar-refractivity contribution in [2.45, 2.75) is 32.4 Å². The summed E-state index contributed by atoms with van der Waals surface area (Å²) in [5, 5.41) is 13.0. The van der Waals surface area contributed by atoms with Crippen molar-refractivity contribution in [2.75, 3.05) is 0 Å². The van der Waals surface area contributed by atoms with E-state index >= 15 is 0 Å². The minimum atomic E-state index is -0.835. The number of carbonyl (C=O) groups is 1. The smallest absolute Gasteiger partial charge is 0.310 e. The summed E-state index contributed by atoms with van der Waals surface area (Å²) in [5.74, 6) is -1.09. The Morgan fingerprint density at radius 3 is 2.87 bits per heavy atom. The van der Waals surface area contributed by atoms with Crippen LogP contribution in [0.4, 0.5) is 0 Å². The summed E-state index contributed by atoms with van der Waals surface area (Å²) < 4.78 is 0. The van der Waals surface area contributed by atoms with Crippen molar-refractivity contribution in [3.05, 3.63) is 0 Å². The molecule has 3 unspecified atom stereocenters. The van der Waals surface area contributed by atoms with E-state index in [0.717, 1.165) is 5.71 Å². The third-order valence-electron chi connectivity index (χ3n) is 3.27. The molecule has 1 heterocycles. The van der Waals surface area contributed by atoms with Crippen molar-refractivity contribution < 1.29 is 14.7 Å². The molecule has 0 aromatic rings. The van der Waals surface area contributed by atoms with Gasteiger partial charge >= 0.3 is 5.97 Å². The Kier molecular flexibility index (Phi) is 2.42. The zero-order valence-electron chi connectivity index (χ0n) is 8.88.